The zero-order chi connectivity index (χ0) is 13.6. The molecule has 3 rings (SSSR count). The van der Waals surface area contributed by atoms with Crippen LogP contribution in [0.4, 0.5) is 0 Å². The summed E-state index contributed by atoms with van der Waals surface area (Å²) in [6, 6.07) is 0.301. The fraction of sp³-hybridized carbons (Fsp3) is 0.786. The van der Waals surface area contributed by atoms with Crippen molar-refractivity contribution in [3.63, 3.8) is 0 Å². The second kappa shape index (κ2) is 4.70. The smallest absolute Gasteiger partial charge is 0.0949 e. The van der Waals surface area contributed by atoms with Gasteiger partial charge in [-0.2, -0.15) is 5.10 Å². The number of hydrogen-bond acceptors (Lipinski definition) is 3. The van der Waals surface area contributed by atoms with Gasteiger partial charge in [0.05, 0.1) is 11.8 Å². The van der Waals surface area contributed by atoms with E-state index in [0.717, 1.165) is 24.8 Å². The number of hydrogen-bond donors (Lipinski definition) is 1. The Morgan fingerprint density at radius 2 is 2.05 bits per heavy atom. The van der Waals surface area contributed by atoms with Gasteiger partial charge in [-0.05, 0) is 39.5 Å². The summed E-state index contributed by atoms with van der Waals surface area (Å²) in [7, 11) is -0.746. The third kappa shape index (κ3) is 2.27. The molecule has 106 valence electrons. The van der Waals surface area contributed by atoms with E-state index in [1.807, 2.05) is 10.9 Å². The topological polar surface area (TPSA) is 55.1 Å². The van der Waals surface area contributed by atoms with E-state index in [1.54, 1.807) is 6.20 Å². The molecule has 1 N–H and O–H groups in total. The van der Waals surface area contributed by atoms with Crippen LogP contribution in [-0.4, -0.2) is 29.6 Å². The molecule has 2 bridgehead atoms. The van der Waals surface area contributed by atoms with Gasteiger partial charge < -0.3 is 5.11 Å². The molecule has 5 heteroatoms. The van der Waals surface area contributed by atoms with Gasteiger partial charge >= 0.3 is 0 Å². The average Bonchev–Trinajstić information content (AvgIpc) is 2.81. The van der Waals surface area contributed by atoms with Crippen LogP contribution in [0.5, 0.6) is 0 Å². The first-order valence-corrected chi connectivity index (χ1v) is 8.43. The molecule has 2 aliphatic heterocycles. The SMILES string of the molecule is CC(C)n1cc(C2(O)CC3CCCC(C2)S3=O)cn1. The summed E-state index contributed by atoms with van der Waals surface area (Å²) in [6.45, 7) is 4.15. The van der Waals surface area contributed by atoms with Crippen molar-refractivity contribution in [2.45, 2.75) is 68.1 Å². The van der Waals surface area contributed by atoms with Crippen LogP contribution in [0.15, 0.2) is 12.4 Å². The Morgan fingerprint density at radius 1 is 1.42 bits per heavy atom. The van der Waals surface area contributed by atoms with Gasteiger partial charge in [-0.3, -0.25) is 8.89 Å². The van der Waals surface area contributed by atoms with Crippen molar-refractivity contribution < 1.29 is 9.32 Å². The minimum Gasteiger partial charge on any atom is -0.385 e. The van der Waals surface area contributed by atoms with Gasteiger partial charge in [0, 0.05) is 39.1 Å². The number of nitrogens with zero attached hydrogens (tertiary/aromatic N) is 2. The number of aromatic nitrogens is 2. The molecule has 2 unspecified atom stereocenters. The number of rotatable bonds is 2. The molecule has 1 aromatic heterocycles. The summed E-state index contributed by atoms with van der Waals surface area (Å²) in [6.07, 6.45) is 8.12. The van der Waals surface area contributed by atoms with E-state index in [2.05, 4.69) is 18.9 Å². The van der Waals surface area contributed by atoms with E-state index < -0.39 is 16.4 Å². The Labute approximate surface area is 116 Å². The quantitative estimate of drug-likeness (QED) is 0.904. The summed E-state index contributed by atoms with van der Waals surface area (Å²) in [5.41, 5.74) is 0.0753. The molecule has 0 radical (unpaired) electrons. The molecule has 0 aliphatic carbocycles. The summed E-state index contributed by atoms with van der Waals surface area (Å²) in [4.78, 5) is 0. The Bertz CT molecular complexity index is 481. The Morgan fingerprint density at radius 3 is 2.58 bits per heavy atom. The molecule has 3 heterocycles. The van der Waals surface area contributed by atoms with Crippen LogP contribution in [0.1, 0.15) is 57.6 Å². The van der Waals surface area contributed by atoms with Crippen LogP contribution in [0.3, 0.4) is 0 Å². The lowest BCUT2D eigenvalue weighted by Crippen LogP contribution is -2.47. The van der Waals surface area contributed by atoms with E-state index in [4.69, 9.17) is 0 Å². The number of fused-ring (bicyclic) bond motifs is 2. The summed E-state index contributed by atoms with van der Waals surface area (Å²) < 4.78 is 14.1. The van der Waals surface area contributed by atoms with E-state index >= 15 is 0 Å². The third-order valence-corrected chi connectivity index (χ3v) is 6.63. The molecule has 0 amide bonds. The molecule has 0 aromatic carbocycles. The van der Waals surface area contributed by atoms with Crippen LogP contribution in [-0.2, 0) is 16.4 Å². The van der Waals surface area contributed by atoms with Crippen molar-refractivity contribution in [3.8, 4) is 0 Å². The molecule has 2 aliphatic rings. The maximum Gasteiger partial charge on any atom is 0.0949 e. The molecule has 2 atom stereocenters. The van der Waals surface area contributed by atoms with Crippen molar-refractivity contribution in [2.75, 3.05) is 0 Å². The maximum atomic E-state index is 12.2. The Balaban J connectivity index is 1.88. The van der Waals surface area contributed by atoms with E-state index in [-0.39, 0.29) is 10.5 Å². The fourth-order valence-electron chi connectivity index (χ4n) is 3.38. The monoisotopic (exact) mass is 282 g/mol. The normalized spacial score (nSPS) is 38.6. The molecule has 2 saturated heterocycles. The summed E-state index contributed by atoms with van der Waals surface area (Å²) >= 11 is 0. The number of aliphatic hydroxyl groups is 1. The largest absolute Gasteiger partial charge is 0.385 e. The third-order valence-electron chi connectivity index (χ3n) is 4.51. The molecule has 0 spiro atoms. The Kier molecular flexibility index (Phi) is 3.29. The lowest BCUT2D eigenvalue weighted by Gasteiger charge is -2.43. The van der Waals surface area contributed by atoms with E-state index in [0.29, 0.717) is 18.9 Å². The molecule has 0 saturated carbocycles. The van der Waals surface area contributed by atoms with Crippen molar-refractivity contribution in [2.24, 2.45) is 0 Å². The Hall–Kier alpha value is -0.680. The van der Waals surface area contributed by atoms with Crippen molar-refractivity contribution in [3.05, 3.63) is 18.0 Å². The van der Waals surface area contributed by atoms with Crippen LogP contribution in [0, 0.1) is 0 Å². The van der Waals surface area contributed by atoms with Crippen molar-refractivity contribution >= 4 is 10.8 Å². The zero-order valence-electron chi connectivity index (χ0n) is 11.6. The summed E-state index contributed by atoms with van der Waals surface area (Å²) in [5.74, 6) is 0. The van der Waals surface area contributed by atoms with Crippen LogP contribution in [0.2, 0.25) is 0 Å². The second-order valence-corrected chi connectivity index (χ2v) is 8.24. The van der Waals surface area contributed by atoms with Gasteiger partial charge in [0.2, 0.25) is 0 Å². The summed E-state index contributed by atoms with van der Waals surface area (Å²) in [5, 5.41) is 15.6. The molecule has 1 aromatic rings. The first-order chi connectivity index (χ1) is 8.99. The first-order valence-electron chi connectivity index (χ1n) is 7.16. The zero-order valence-corrected chi connectivity index (χ0v) is 12.4. The molecule has 19 heavy (non-hydrogen) atoms. The highest BCUT2D eigenvalue weighted by Crippen LogP contribution is 2.44. The lowest BCUT2D eigenvalue weighted by molar-refractivity contribution is 0.00644. The predicted molar refractivity (Wildman–Crippen MR) is 75.3 cm³/mol. The minimum absolute atomic E-state index is 0.167. The molecular formula is C14H22N2O2S. The van der Waals surface area contributed by atoms with Crippen LogP contribution in [0.25, 0.3) is 0 Å². The average molecular weight is 282 g/mol. The molecule has 4 nitrogen and oxygen atoms in total. The van der Waals surface area contributed by atoms with Crippen molar-refractivity contribution in [1.82, 2.24) is 9.78 Å². The van der Waals surface area contributed by atoms with Crippen LogP contribution >= 0.6 is 0 Å². The standard InChI is InChI=1S/C14H22N2O2S/c1-10(2)16-9-11(8-15-16)14(17)6-12-4-3-5-13(7-14)19(12)18/h8-10,12-13,17H,3-7H2,1-2H3. The molecular weight excluding hydrogens is 260 g/mol. The van der Waals surface area contributed by atoms with Gasteiger partial charge in [-0.25, -0.2) is 0 Å². The highest BCUT2D eigenvalue weighted by atomic mass is 32.2. The van der Waals surface area contributed by atoms with E-state index in [1.165, 1.54) is 0 Å². The fourth-order valence-corrected chi connectivity index (χ4v) is 5.60. The predicted octanol–water partition coefficient (Wildman–Crippen LogP) is 2.12. The highest BCUT2D eigenvalue weighted by Gasteiger charge is 2.46. The minimum atomic E-state index is -0.823. The van der Waals surface area contributed by atoms with Crippen LogP contribution < -0.4 is 0 Å². The first kappa shape index (κ1) is 13.3. The van der Waals surface area contributed by atoms with Gasteiger partial charge in [-0.15, -0.1) is 0 Å². The van der Waals surface area contributed by atoms with Gasteiger partial charge in [-0.1, -0.05) is 6.42 Å². The van der Waals surface area contributed by atoms with Crippen molar-refractivity contribution in [1.29, 1.82) is 0 Å². The lowest BCUT2D eigenvalue weighted by atomic mass is 9.82. The second-order valence-electron chi connectivity index (χ2n) is 6.25. The van der Waals surface area contributed by atoms with Gasteiger partial charge in [0.25, 0.3) is 0 Å². The van der Waals surface area contributed by atoms with E-state index in [9.17, 15) is 9.32 Å². The van der Waals surface area contributed by atoms with Gasteiger partial charge in [0.1, 0.15) is 0 Å². The maximum absolute atomic E-state index is 12.2. The molecule has 2 fully saturated rings. The van der Waals surface area contributed by atoms with Gasteiger partial charge in [0.15, 0.2) is 0 Å². The highest BCUT2D eigenvalue weighted by molar-refractivity contribution is 7.86.